The molecular formula is C20H30IN5O. The summed E-state index contributed by atoms with van der Waals surface area (Å²) in [5.74, 6) is 1.51. The van der Waals surface area contributed by atoms with E-state index in [4.69, 9.17) is 4.52 Å². The number of rotatable bonds is 5. The minimum atomic E-state index is 0. The first kappa shape index (κ1) is 21.7. The van der Waals surface area contributed by atoms with Gasteiger partial charge in [0.25, 0.3) is 0 Å². The van der Waals surface area contributed by atoms with Crippen molar-refractivity contribution in [1.29, 1.82) is 0 Å². The fourth-order valence-corrected chi connectivity index (χ4v) is 3.21. The molecular weight excluding hydrogens is 453 g/mol. The smallest absolute Gasteiger partial charge is 0.194 e. The van der Waals surface area contributed by atoms with Gasteiger partial charge in [0.2, 0.25) is 0 Å². The van der Waals surface area contributed by atoms with Crippen LogP contribution >= 0.6 is 24.0 Å². The molecule has 0 saturated carbocycles. The van der Waals surface area contributed by atoms with E-state index in [0.717, 1.165) is 44.4 Å². The average molecular weight is 483 g/mol. The van der Waals surface area contributed by atoms with Gasteiger partial charge in [-0.2, -0.15) is 0 Å². The maximum Gasteiger partial charge on any atom is 0.194 e. The lowest BCUT2D eigenvalue weighted by Gasteiger charge is -2.36. The normalized spacial score (nSPS) is 15.7. The molecule has 1 aliphatic heterocycles. The van der Waals surface area contributed by atoms with Crippen molar-refractivity contribution < 1.29 is 4.52 Å². The number of benzene rings is 1. The molecule has 0 bridgehead atoms. The topological polar surface area (TPSA) is 56.9 Å². The van der Waals surface area contributed by atoms with Crippen LogP contribution in [0.1, 0.15) is 36.6 Å². The number of piperazine rings is 1. The summed E-state index contributed by atoms with van der Waals surface area (Å²) in [7, 11) is 1.83. The van der Waals surface area contributed by atoms with Gasteiger partial charge >= 0.3 is 0 Å². The van der Waals surface area contributed by atoms with E-state index < -0.39 is 0 Å². The molecule has 2 heterocycles. The van der Waals surface area contributed by atoms with Crippen molar-refractivity contribution >= 4 is 29.9 Å². The minimum absolute atomic E-state index is 0. The van der Waals surface area contributed by atoms with Gasteiger partial charge in [0.15, 0.2) is 5.96 Å². The standard InChI is InChI=1S/C20H29N5O.HI/c1-16(2)18-6-4-17(5-7-18)15-24-9-11-25(12-10-24)20(21-3)22-14-19-8-13-26-23-19;/h4-8,13,16H,9-12,14-15H2,1-3H3,(H,21,22);1H. The molecule has 0 atom stereocenters. The van der Waals surface area contributed by atoms with Crippen molar-refractivity contribution in [2.75, 3.05) is 33.2 Å². The number of aromatic nitrogens is 1. The Balaban J connectivity index is 0.00000261. The van der Waals surface area contributed by atoms with E-state index in [2.05, 4.69) is 63.4 Å². The third-order valence-corrected chi connectivity index (χ3v) is 4.86. The van der Waals surface area contributed by atoms with Crippen LogP contribution in [0.2, 0.25) is 0 Å². The molecule has 1 aliphatic rings. The Morgan fingerprint density at radius 3 is 2.41 bits per heavy atom. The van der Waals surface area contributed by atoms with Crippen molar-refractivity contribution in [3.63, 3.8) is 0 Å². The molecule has 2 aromatic rings. The van der Waals surface area contributed by atoms with Crippen LogP contribution < -0.4 is 5.32 Å². The van der Waals surface area contributed by atoms with E-state index in [9.17, 15) is 0 Å². The number of nitrogens with zero attached hydrogens (tertiary/aromatic N) is 4. The first-order valence-corrected chi connectivity index (χ1v) is 9.31. The fraction of sp³-hybridized carbons (Fsp3) is 0.500. The third kappa shape index (κ3) is 6.21. The molecule has 1 N–H and O–H groups in total. The van der Waals surface area contributed by atoms with Crippen molar-refractivity contribution in [3.05, 3.63) is 53.4 Å². The molecule has 0 spiro atoms. The number of guanidine groups is 1. The summed E-state index contributed by atoms with van der Waals surface area (Å²) in [6, 6.07) is 10.9. The van der Waals surface area contributed by atoms with Gasteiger partial charge in [-0.25, -0.2) is 0 Å². The second-order valence-electron chi connectivity index (χ2n) is 7.05. The summed E-state index contributed by atoms with van der Waals surface area (Å²) >= 11 is 0. The van der Waals surface area contributed by atoms with Gasteiger partial charge in [-0.05, 0) is 17.0 Å². The summed E-state index contributed by atoms with van der Waals surface area (Å²) in [5, 5.41) is 7.28. The Morgan fingerprint density at radius 2 is 1.85 bits per heavy atom. The average Bonchev–Trinajstić information content (AvgIpc) is 3.17. The van der Waals surface area contributed by atoms with E-state index in [0.29, 0.717) is 12.5 Å². The quantitative estimate of drug-likeness (QED) is 0.402. The summed E-state index contributed by atoms with van der Waals surface area (Å²) in [5.41, 5.74) is 3.67. The molecule has 27 heavy (non-hydrogen) atoms. The predicted molar refractivity (Wildman–Crippen MR) is 119 cm³/mol. The largest absolute Gasteiger partial charge is 0.364 e. The second kappa shape index (κ2) is 10.7. The molecule has 1 aromatic heterocycles. The van der Waals surface area contributed by atoms with Crippen molar-refractivity contribution in [2.45, 2.75) is 32.9 Å². The van der Waals surface area contributed by atoms with E-state index in [1.54, 1.807) is 6.26 Å². The van der Waals surface area contributed by atoms with E-state index in [1.807, 2.05) is 13.1 Å². The van der Waals surface area contributed by atoms with Gasteiger partial charge in [-0.1, -0.05) is 43.3 Å². The first-order valence-electron chi connectivity index (χ1n) is 9.31. The lowest BCUT2D eigenvalue weighted by atomic mass is 10.0. The highest BCUT2D eigenvalue weighted by atomic mass is 127. The Hall–Kier alpha value is -1.61. The van der Waals surface area contributed by atoms with Gasteiger partial charge in [0, 0.05) is 45.8 Å². The number of hydrogen-bond acceptors (Lipinski definition) is 4. The lowest BCUT2D eigenvalue weighted by molar-refractivity contribution is 0.172. The maximum absolute atomic E-state index is 4.87. The molecule has 7 heteroatoms. The van der Waals surface area contributed by atoms with Gasteiger partial charge < -0.3 is 14.7 Å². The highest BCUT2D eigenvalue weighted by molar-refractivity contribution is 14.0. The van der Waals surface area contributed by atoms with Gasteiger partial charge in [-0.3, -0.25) is 9.89 Å². The minimum Gasteiger partial charge on any atom is -0.364 e. The number of aliphatic imine (C=N–C) groups is 1. The molecule has 0 radical (unpaired) electrons. The summed E-state index contributed by atoms with van der Waals surface area (Å²) in [6.07, 6.45) is 1.59. The van der Waals surface area contributed by atoms with Crippen LogP contribution in [0.3, 0.4) is 0 Å². The molecule has 3 rings (SSSR count). The molecule has 1 saturated heterocycles. The van der Waals surface area contributed by atoms with E-state index in [-0.39, 0.29) is 24.0 Å². The van der Waals surface area contributed by atoms with Crippen molar-refractivity contribution in [3.8, 4) is 0 Å². The van der Waals surface area contributed by atoms with Crippen LogP contribution in [0.25, 0.3) is 0 Å². The predicted octanol–water partition coefficient (Wildman–Crippen LogP) is 3.31. The fourth-order valence-electron chi connectivity index (χ4n) is 3.21. The zero-order chi connectivity index (χ0) is 18.4. The highest BCUT2D eigenvalue weighted by Crippen LogP contribution is 2.16. The van der Waals surface area contributed by atoms with Crippen LogP contribution in [0.4, 0.5) is 0 Å². The molecule has 1 aromatic carbocycles. The Labute approximate surface area is 179 Å². The number of nitrogens with one attached hydrogen (secondary N) is 1. The number of hydrogen-bond donors (Lipinski definition) is 1. The molecule has 0 amide bonds. The monoisotopic (exact) mass is 483 g/mol. The summed E-state index contributed by atoms with van der Waals surface area (Å²) < 4.78 is 4.87. The first-order chi connectivity index (χ1) is 12.7. The van der Waals surface area contributed by atoms with Crippen LogP contribution in [0.15, 0.2) is 46.1 Å². The molecule has 148 valence electrons. The summed E-state index contributed by atoms with van der Waals surface area (Å²) in [6.45, 7) is 10.1. The summed E-state index contributed by atoms with van der Waals surface area (Å²) in [4.78, 5) is 9.21. The SMILES string of the molecule is CN=C(NCc1ccon1)N1CCN(Cc2ccc(C(C)C)cc2)CC1.I. The molecule has 0 aliphatic carbocycles. The van der Waals surface area contributed by atoms with Crippen LogP contribution in [0.5, 0.6) is 0 Å². The van der Waals surface area contributed by atoms with E-state index >= 15 is 0 Å². The van der Waals surface area contributed by atoms with Gasteiger partial charge in [-0.15, -0.1) is 24.0 Å². The van der Waals surface area contributed by atoms with Crippen LogP contribution in [0, 0.1) is 0 Å². The third-order valence-electron chi connectivity index (χ3n) is 4.86. The molecule has 6 nitrogen and oxygen atoms in total. The Bertz CT molecular complexity index is 692. The molecule has 1 fully saturated rings. The zero-order valence-corrected chi connectivity index (χ0v) is 18.7. The maximum atomic E-state index is 4.87. The molecule has 0 unspecified atom stereocenters. The van der Waals surface area contributed by atoms with Gasteiger partial charge in [0.05, 0.1) is 6.54 Å². The lowest BCUT2D eigenvalue weighted by Crippen LogP contribution is -2.52. The Kier molecular flexibility index (Phi) is 8.56. The Morgan fingerprint density at radius 1 is 1.15 bits per heavy atom. The van der Waals surface area contributed by atoms with Crippen molar-refractivity contribution in [2.24, 2.45) is 4.99 Å². The highest BCUT2D eigenvalue weighted by Gasteiger charge is 2.19. The van der Waals surface area contributed by atoms with Crippen molar-refractivity contribution in [1.82, 2.24) is 20.3 Å². The van der Waals surface area contributed by atoms with Gasteiger partial charge in [0.1, 0.15) is 12.0 Å². The van der Waals surface area contributed by atoms with E-state index in [1.165, 1.54) is 11.1 Å². The van der Waals surface area contributed by atoms with Crippen LogP contribution in [-0.4, -0.2) is 54.1 Å². The number of halogens is 1. The van der Waals surface area contributed by atoms with Crippen LogP contribution in [-0.2, 0) is 13.1 Å². The second-order valence-corrected chi connectivity index (χ2v) is 7.05. The zero-order valence-electron chi connectivity index (χ0n) is 16.4.